The Morgan fingerprint density at radius 3 is 1.97 bits per heavy atom. The van der Waals surface area contributed by atoms with E-state index in [2.05, 4.69) is 21.3 Å². The smallest absolute Gasteiger partial charge is 0.325 e. The molecule has 0 spiro atoms. The van der Waals surface area contributed by atoms with Gasteiger partial charge in [0.25, 0.3) is 0 Å². The zero-order valence-electron chi connectivity index (χ0n) is 21.9. The maximum absolute atomic E-state index is 12.6. The second kappa shape index (κ2) is 17.0. The van der Waals surface area contributed by atoms with E-state index in [1.54, 1.807) is 0 Å². The molecule has 4 unspecified atom stereocenters. The Hall–Kier alpha value is -3.67. The van der Waals surface area contributed by atoms with Crippen LogP contribution in [0.5, 0.6) is 0 Å². The molecule has 0 aliphatic heterocycles. The van der Waals surface area contributed by atoms with E-state index in [1.165, 1.54) is 20.8 Å². The number of aliphatic carboxylic acids is 1. The molecule has 0 saturated carbocycles. The molecular weight excluding hydrogens is 526 g/mol. The van der Waals surface area contributed by atoms with E-state index in [0.717, 1.165) is 6.92 Å². The summed E-state index contributed by atoms with van der Waals surface area (Å²) in [6, 6.07) is -5.30. The molecule has 8 atom stereocenters. The minimum Gasteiger partial charge on any atom is -0.480 e. The van der Waals surface area contributed by atoms with Gasteiger partial charge in [-0.2, -0.15) is 0 Å². The largest absolute Gasteiger partial charge is 0.480 e. The minimum absolute atomic E-state index is 0.201. The summed E-state index contributed by atoms with van der Waals surface area (Å²) in [6.45, 7) is 3.81. The van der Waals surface area contributed by atoms with Crippen LogP contribution in [0.15, 0.2) is 0 Å². The summed E-state index contributed by atoms with van der Waals surface area (Å²) in [7, 11) is 0. The number of primary amides is 1. The number of aldehydes is 1. The first-order valence-corrected chi connectivity index (χ1v) is 11.8. The number of nitrogens with two attached hydrogens (primary N) is 1. The molecule has 0 aliphatic rings. The molecule has 0 radical (unpaired) electrons. The van der Waals surface area contributed by atoms with E-state index >= 15 is 0 Å². The Bertz CT molecular complexity index is 901. The molecule has 17 heteroatoms. The Kier molecular flexibility index (Phi) is 15.4. The second-order valence-electron chi connectivity index (χ2n) is 8.71. The summed E-state index contributed by atoms with van der Waals surface area (Å²) < 4.78 is 5.39. The van der Waals surface area contributed by atoms with Gasteiger partial charge in [0.2, 0.25) is 29.5 Å². The molecule has 39 heavy (non-hydrogen) atoms. The molecule has 0 heterocycles. The number of nitrogens with one attached hydrogen (secondary N) is 4. The average molecular weight is 564 g/mol. The number of hydrogen-bond acceptors (Lipinski definition) is 11. The number of rotatable bonds is 18. The van der Waals surface area contributed by atoms with E-state index in [9.17, 15) is 43.8 Å². The first-order valence-electron chi connectivity index (χ1n) is 11.8. The van der Waals surface area contributed by atoms with E-state index in [0.29, 0.717) is 0 Å². The Labute approximate surface area is 223 Å². The van der Waals surface area contributed by atoms with Crippen LogP contribution in [-0.2, 0) is 38.3 Å². The van der Waals surface area contributed by atoms with Crippen LogP contribution < -0.4 is 27.0 Å². The lowest BCUT2D eigenvalue weighted by molar-refractivity contribution is -0.158. The van der Waals surface area contributed by atoms with Crippen molar-refractivity contribution in [3.63, 3.8) is 0 Å². The maximum atomic E-state index is 12.6. The van der Waals surface area contributed by atoms with E-state index < -0.39 is 90.7 Å². The Morgan fingerprint density at radius 1 is 0.923 bits per heavy atom. The molecule has 0 aromatic heterocycles. The fraction of sp³-hybridized carbons (Fsp3) is 0.682. The van der Waals surface area contributed by atoms with Crippen LogP contribution in [0.4, 0.5) is 0 Å². The normalized spacial score (nSPS) is 17.1. The molecule has 17 nitrogen and oxygen atoms in total. The number of aliphatic hydroxyl groups excluding tert-OH is 3. The van der Waals surface area contributed by atoms with Crippen molar-refractivity contribution in [3.05, 3.63) is 0 Å². The second-order valence-corrected chi connectivity index (χ2v) is 8.71. The number of carbonyl (C=O) groups excluding carboxylic acids is 6. The van der Waals surface area contributed by atoms with Crippen molar-refractivity contribution < 1.29 is 58.7 Å². The molecular formula is C22H37N5O12. The third kappa shape index (κ3) is 12.6. The van der Waals surface area contributed by atoms with Gasteiger partial charge in [0, 0.05) is 13.3 Å². The van der Waals surface area contributed by atoms with Gasteiger partial charge in [0.05, 0.1) is 6.61 Å². The first kappa shape index (κ1) is 35.3. The molecule has 0 rings (SSSR count). The van der Waals surface area contributed by atoms with Crippen molar-refractivity contribution in [2.45, 2.75) is 89.1 Å². The predicted octanol–water partition coefficient (Wildman–Crippen LogP) is -4.98. The number of hydrogen-bond donors (Lipinski definition) is 9. The van der Waals surface area contributed by atoms with Crippen molar-refractivity contribution in [3.8, 4) is 0 Å². The van der Waals surface area contributed by atoms with Crippen molar-refractivity contribution in [1.29, 1.82) is 0 Å². The van der Waals surface area contributed by atoms with Gasteiger partial charge in [0.1, 0.15) is 54.9 Å². The van der Waals surface area contributed by atoms with Crippen molar-refractivity contribution >= 4 is 41.8 Å². The van der Waals surface area contributed by atoms with Crippen molar-refractivity contribution in [1.82, 2.24) is 21.3 Å². The lowest BCUT2D eigenvalue weighted by Crippen LogP contribution is -2.57. The molecule has 0 fully saturated rings. The lowest BCUT2D eigenvalue weighted by Gasteiger charge is -2.32. The van der Waals surface area contributed by atoms with Crippen LogP contribution in [0.3, 0.4) is 0 Å². The summed E-state index contributed by atoms with van der Waals surface area (Å²) in [5.74, 6) is -5.46. The van der Waals surface area contributed by atoms with Gasteiger partial charge in [-0.1, -0.05) is 0 Å². The third-order valence-electron chi connectivity index (χ3n) is 5.34. The summed E-state index contributed by atoms with van der Waals surface area (Å²) in [5, 5.41) is 46.9. The molecule has 0 bridgehead atoms. The van der Waals surface area contributed by atoms with Crippen LogP contribution in [0.25, 0.3) is 0 Å². The number of ether oxygens (including phenoxy) is 1. The summed E-state index contributed by atoms with van der Waals surface area (Å²) in [4.78, 5) is 82.3. The Morgan fingerprint density at radius 2 is 1.51 bits per heavy atom. The number of carboxylic acid groups (broad SMARTS) is 1. The fourth-order valence-corrected chi connectivity index (χ4v) is 3.06. The maximum Gasteiger partial charge on any atom is 0.325 e. The van der Waals surface area contributed by atoms with E-state index in [1.807, 2.05) is 0 Å². The highest BCUT2D eigenvalue weighted by atomic mass is 16.5. The number of carboxylic acids is 1. The fourth-order valence-electron chi connectivity index (χ4n) is 3.06. The van der Waals surface area contributed by atoms with Gasteiger partial charge in [-0.3, -0.25) is 28.8 Å². The first-order chi connectivity index (χ1) is 18.0. The average Bonchev–Trinajstić information content (AvgIpc) is 2.86. The molecule has 0 aromatic rings. The monoisotopic (exact) mass is 563 g/mol. The number of amides is 5. The summed E-state index contributed by atoms with van der Waals surface area (Å²) >= 11 is 0. The molecule has 0 aliphatic carbocycles. The van der Waals surface area contributed by atoms with Crippen molar-refractivity contribution in [2.75, 3.05) is 6.61 Å². The highest BCUT2D eigenvalue weighted by Gasteiger charge is 2.37. The lowest BCUT2D eigenvalue weighted by atomic mass is 10.0. The molecule has 0 saturated heterocycles. The number of aliphatic hydroxyl groups is 3. The highest BCUT2D eigenvalue weighted by molar-refractivity contribution is 5.92. The standard InChI is InChI=1S/C22H37N5O12/c1-9(20(35)27-13(19(23)34)5-6-16(32)24-10(2)22(37)38)25-21(36)11(3)39-18(17(33)15(31)8-29)14(7-28)26-12(4)30/h7,9-11,13-15,17-18,29,31,33H,5-6,8H2,1-4H3,(H2,23,34)(H,24,32)(H,25,36)(H,26,30)(H,27,35)(H,37,38)/t9?,10?,11?,13?,14-,15+,17+,18+/m0/s1. The van der Waals surface area contributed by atoms with Gasteiger partial charge in [-0.05, 0) is 27.2 Å². The zero-order chi connectivity index (χ0) is 30.4. The van der Waals surface area contributed by atoms with Gasteiger partial charge >= 0.3 is 5.97 Å². The van der Waals surface area contributed by atoms with Crippen LogP contribution in [0, 0.1) is 0 Å². The topological polar surface area (TPSA) is 284 Å². The van der Waals surface area contributed by atoms with Gasteiger partial charge in [-0.15, -0.1) is 0 Å². The molecule has 5 amide bonds. The van der Waals surface area contributed by atoms with Crippen LogP contribution >= 0.6 is 0 Å². The Balaban J connectivity index is 5.25. The van der Waals surface area contributed by atoms with Gasteiger partial charge < -0.3 is 57.0 Å². The number of carbonyl (C=O) groups is 7. The third-order valence-corrected chi connectivity index (χ3v) is 5.34. The minimum atomic E-state index is -1.90. The molecule has 0 aromatic carbocycles. The highest BCUT2D eigenvalue weighted by Crippen LogP contribution is 2.12. The SMILES string of the molecule is CC(=O)N[C@@H](C=O)[C@@H](OC(C)C(=O)NC(C)C(=O)NC(CCC(=O)NC(C)C(=O)O)C(N)=O)[C@H](O)[C@H](O)CO. The van der Waals surface area contributed by atoms with E-state index in [-0.39, 0.29) is 19.1 Å². The predicted molar refractivity (Wildman–Crippen MR) is 130 cm³/mol. The zero-order valence-corrected chi connectivity index (χ0v) is 21.9. The summed E-state index contributed by atoms with van der Waals surface area (Å²) in [5.41, 5.74) is 5.26. The van der Waals surface area contributed by atoms with E-state index in [4.69, 9.17) is 20.7 Å². The van der Waals surface area contributed by atoms with Crippen LogP contribution in [-0.4, -0.2) is 117 Å². The van der Waals surface area contributed by atoms with Crippen LogP contribution in [0.1, 0.15) is 40.5 Å². The molecule has 10 N–H and O–H groups in total. The van der Waals surface area contributed by atoms with Crippen molar-refractivity contribution in [2.24, 2.45) is 5.73 Å². The van der Waals surface area contributed by atoms with Gasteiger partial charge in [-0.25, -0.2) is 0 Å². The quantitative estimate of drug-likeness (QED) is 0.0709. The van der Waals surface area contributed by atoms with Crippen LogP contribution in [0.2, 0.25) is 0 Å². The van der Waals surface area contributed by atoms with Gasteiger partial charge in [0.15, 0.2) is 0 Å². The molecule has 222 valence electrons. The summed E-state index contributed by atoms with van der Waals surface area (Å²) in [6.07, 6.45) is -7.23.